The van der Waals surface area contributed by atoms with Gasteiger partial charge >= 0.3 is 6.09 Å². The molecule has 0 aliphatic carbocycles. The number of carbonyl (C=O) groups is 3. The van der Waals surface area contributed by atoms with Gasteiger partial charge in [0.25, 0.3) is 0 Å². The van der Waals surface area contributed by atoms with Crippen LogP contribution in [-0.2, 0) is 14.3 Å². The van der Waals surface area contributed by atoms with E-state index in [4.69, 9.17) is 4.74 Å². The van der Waals surface area contributed by atoms with Gasteiger partial charge in [-0.3, -0.25) is 4.79 Å². The van der Waals surface area contributed by atoms with Crippen molar-refractivity contribution in [1.82, 2.24) is 10.2 Å². The summed E-state index contributed by atoms with van der Waals surface area (Å²) < 4.78 is 4.81. The molecule has 0 radical (unpaired) electrons. The minimum Gasteiger partial charge on any atom is -0.445 e. The third-order valence-corrected chi connectivity index (χ3v) is 2.09. The zero-order valence-electron chi connectivity index (χ0n) is 9.93. The Bertz CT molecular complexity index is 268. The molecule has 2 amide bonds. The molecule has 6 heteroatoms. The molecule has 0 saturated carbocycles. The van der Waals surface area contributed by atoms with Gasteiger partial charge in [0.1, 0.15) is 12.9 Å². The molecule has 0 aromatic rings. The Morgan fingerprint density at radius 1 is 1.53 bits per heavy atom. The van der Waals surface area contributed by atoms with Crippen molar-refractivity contribution in [1.29, 1.82) is 0 Å². The maximum Gasteiger partial charge on any atom is 0.409 e. The van der Waals surface area contributed by atoms with E-state index in [9.17, 15) is 14.4 Å². The molecule has 0 aromatic heterocycles. The molecule has 0 saturated heterocycles. The second kappa shape index (κ2) is 9.38. The molecule has 6 nitrogen and oxygen atoms in total. The second-order valence-electron chi connectivity index (χ2n) is 3.46. The number of hydrogen-bond acceptors (Lipinski definition) is 4. The summed E-state index contributed by atoms with van der Waals surface area (Å²) in [5, 5.41) is 2.37. The van der Waals surface area contributed by atoms with E-state index in [1.807, 2.05) is 0 Å². The molecule has 0 heterocycles. The van der Waals surface area contributed by atoms with Gasteiger partial charge in [0.2, 0.25) is 6.41 Å². The summed E-state index contributed by atoms with van der Waals surface area (Å²) in [5.74, 6) is 0. The predicted octanol–water partition coefficient (Wildman–Crippen LogP) is 0.334. The van der Waals surface area contributed by atoms with Crippen LogP contribution in [0, 0.1) is 0 Å². The van der Waals surface area contributed by atoms with Gasteiger partial charge in [-0.1, -0.05) is 12.7 Å². The summed E-state index contributed by atoms with van der Waals surface area (Å²) in [6, 6.07) is -0.495. The molecular weight excluding hydrogens is 224 g/mol. The molecule has 0 bridgehead atoms. The van der Waals surface area contributed by atoms with Crippen LogP contribution < -0.4 is 5.32 Å². The second-order valence-corrected chi connectivity index (χ2v) is 3.46. The zero-order valence-corrected chi connectivity index (χ0v) is 9.93. The lowest BCUT2D eigenvalue weighted by Gasteiger charge is -2.17. The molecule has 0 aliphatic heterocycles. The number of nitrogens with one attached hydrogen (secondary N) is 1. The fraction of sp³-hybridized carbons (Fsp3) is 0.545. The normalized spacial score (nSPS) is 11.1. The van der Waals surface area contributed by atoms with Crippen LogP contribution in [-0.4, -0.2) is 49.9 Å². The van der Waals surface area contributed by atoms with Crippen LogP contribution >= 0.6 is 0 Å². The Kier molecular flexibility index (Phi) is 8.36. The SMILES string of the molecule is C=CCOC(=O)N(C)CCCC(C=O)NC=O. The Balaban J connectivity index is 3.78. The summed E-state index contributed by atoms with van der Waals surface area (Å²) >= 11 is 0. The van der Waals surface area contributed by atoms with Crippen LogP contribution in [0.25, 0.3) is 0 Å². The van der Waals surface area contributed by atoms with Crippen molar-refractivity contribution >= 4 is 18.8 Å². The highest BCUT2D eigenvalue weighted by Crippen LogP contribution is 1.98. The van der Waals surface area contributed by atoms with Gasteiger partial charge in [0.15, 0.2) is 0 Å². The summed E-state index contributed by atoms with van der Waals surface area (Å²) in [7, 11) is 1.61. The van der Waals surface area contributed by atoms with Crippen molar-refractivity contribution < 1.29 is 19.1 Å². The third-order valence-electron chi connectivity index (χ3n) is 2.09. The Morgan fingerprint density at radius 3 is 2.76 bits per heavy atom. The average molecular weight is 242 g/mol. The summed E-state index contributed by atoms with van der Waals surface area (Å²) in [6.45, 7) is 4.07. The van der Waals surface area contributed by atoms with Crippen LogP contribution in [0.3, 0.4) is 0 Å². The van der Waals surface area contributed by atoms with E-state index >= 15 is 0 Å². The summed E-state index contributed by atoms with van der Waals surface area (Å²) in [4.78, 5) is 33.3. The molecule has 1 unspecified atom stereocenters. The van der Waals surface area contributed by atoms with Crippen LogP contribution in [0.4, 0.5) is 4.79 Å². The number of aldehydes is 1. The van der Waals surface area contributed by atoms with E-state index in [1.54, 1.807) is 7.05 Å². The van der Waals surface area contributed by atoms with E-state index < -0.39 is 12.1 Å². The minimum absolute atomic E-state index is 0.173. The molecule has 1 atom stereocenters. The molecule has 0 spiro atoms. The first-order valence-corrected chi connectivity index (χ1v) is 5.29. The Hall–Kier alpha value is -1.85. The van der Waals surface area contributed by atoms with Crippen LogP contribution in [0.5, 0.6) is 0 Å². The van der Waals surface area contributed by atoms with E-state index in [0.29, 0.717) is 32.1 Å². The highest BCUT2D eigenvalue weighted by molar-refractivity contribution is 5.67. The fourth-order valence-corrected chi connectivity index (χ4v) is 1.16. The number of carbonyl (C=O) groups excluding carboxylic acids is 3. The summed E-state index contributed by atoms with van der Waals surface area (Å²) in [5.41, 5.74) is 0. The Morgan fingerprint density at radius 2 is 2.24 bits per heavy atom. The topological polar surface area (TPSA) is 75.7 Å². The van der Waals surface area contributed by atoms with Gasteiger partial charge in [-0.05, 0) is 12.8 Å². The van der Waals surface area contributed by atoms with Crippen molar-refractivity contribution in [2.45, 2.75) is 18.9 Å². The van der Waals surface area contributed by atoms with Gasteiger partial charge in [-0.15, -0.1) is 0 Å². The van der Waals surface area contributed by atoms with Crippen LogP contribution in [0.15, 0.2) is 12.7 Å². The number of rotatable bonds is 9. The molecule has 0 aromatic carbocycles. The Labute approximate surface area is 101 Å². The van der Waals surface area contributed by atoms with Gasteiger partial charge in [0.05, 0.1) is 6.04 Å². The van der Waals surface area contributed by atoms with Crippen molar-refractivity contribution in [3.8, 4) is 0 Å². The largest absolute Gasteiger partial charge is 0.445 e. The number of amides is 2. The first kappa shape index (κ1) is 15.2. The first-order chi connectivity index (χ1) is 8.15. The summed E-state index contributed by atoms with van der Waals surface area (Å²) in [6.07, 6.45) is 3.30. The third kappa shape index (κ3) is 7.10. The van der Waals surface area contributed by atoms with Crippen molar-refractivity contribution in [2.75, 3.05) is 20.2 Å². The van der Waals surface area contributed by atoms with Gasteiger partial charge in [0, 0.05) is 13.6 Å². The van der Waals surface area contributed by atoms with Crippen molar-refractivity contribution in [3.05, 3.63) is 12.7 Å². The molecule has 0 rings (SSSR count). The quantitative estimate of drug-likeness (QED) is 0.467. The van der Waals surface area contributed by atoms with E-state index in [-0.39, 0.29) is 6.61 Å². The highest BCUT2D eigenvalue weighted by atomic mass is 16.6. The number of hydrogen-bond donors (Lipinski definition) is 1. The average Bonchev–Trinajstić information content (AvgIpc) is 2.34. The monoisotopic (exact) mass is 242 g/mol. The minimum atomic E-state index is -0.495. The lowest BCUT2D eigenvalue weighted by molar-refractivity contribution is -0.115. The zero-order chi connectivity index (χ0) is 13.1. The highest BCUT2D eigenvalue weighted by Gasteiger charge is 2.10. The molecule has 0 fully saturated rings. The van der Waals surface area contributed by atoms with Crippen molar-refractivity contribution in [2.24, 2.45) is 0 Å². The standard InChI is InChI=1S/C11H18N2O4/c1-3-7-17-11(16)13(2)6-4-5-10(8-14)12-9-15/h3,8-10H,1,4-7H2,2H3,(H,12,15). The molecule has 1 N–H and O–H groups in total. The molecular formula is C11H18N2O4. The smallest absolute Gasteiger partial charge is 0.409 e. The predicted molar refractivity (Wildman–Crippen MR) is 62.5 cm³/mol. The van der Waals surface area contributed by atoms with Gasteiger partial charge in [-0.25, -0.2) is 4.79 Å². The number of nitrogens with zero attached hydrogens (tertiary/aromatic N) is 1. The maximum absolute atomic E-state index is 11.3. The lowest BCUT2D eigenvalue weighted by Crippen LogP contribution is -2.32. The van der Waals surface area contributed by atoms with E-state index in [0.717, 1.165) is 0 Å². The molecule has 0 aliphatic rings. The fourth-order valence-electron chi connectivity index (χ4n) is 1.16. The first-order valence-electron chi connectivity index (χ1n) is 5.29. The maximum atomic E-state index is 11.3. The number of ether oxygens (including phenoxy) is 1. The van der Waals surface area contributed by atoms with Gasteiger partial charge < -0.3 is 19.7 Å². The molecule has 96 valence electrons. The van der Waals surface area contributed by atoms with Crippen LogP contribution in [0.2, 0.25) is 0 Å². The van der Waals surface area contributed by atoms with E-state index in [2.05, 4.69) is 11.9 Å². The van der Waals surface area contributed by atoms with Crippen LogP contribution in [0.1, 0.15) is 12.8 Å². The van der Waals surface area contributed by atoms with E-state index in [1.165, 1.54) is 11.0 Å². The van der Waals surface area contributed by atoms with Gasteiger partial charge in [-0.2, -0.15) is 0 Å². The lowest BCUT2D eigenvalue weighted by atomic mass is 10.2. The van der Waals surface area contributed by atoms with Crippen molar-refractivity contribution in [3.63, 3.8) is 0 Å². The molecule has 17 heavy (non-hydrogen) atoms.